The third-order valence-corrected chi connectivity index (χ3v) is 2.13. The molecule has 1 N–H and O–H groups in total. The van der Waals surface area contributed by atoms with E-state index in [1.54, 1.807) is 6.92 Å². The smallest absolute Gasteiger partial charge is 0.217 e. The van der Waals surface area contributed by atoms with Crippen LogP contribution >= 0.6 is 0 Å². The highest BCUT2D eigenvalue weighted by molar-refractivity contribution is 5.73. The lowest BCUT2D eigenvalue weighted by atomic mass is 10.3. The number of nitrogens with zero attached hydrogens (tertiary/aromatic N) is 1. The molecule has 1 aliphatic rings. The Morgan fingerprint density at radius 2 is 2.45 bits per heavy atom. The van der Waals surface area contributed by atoms with Gasteiger partial charge in [0.2, 0.25) is 5.91 Å². The van der Waals surface area contributed by atoms with Crippen LogP contribution in [0.3, 0.4) is 0 Å². The molecule has 1 saturated heterocycles. The van der Waals surface area contributed by atoms with Crippen LogP contribution in [0.2, 0.25) is 0 Å². The minimum Gasteiger partial charge on any atom is -0.352 e. The summed E-state index contributed by atoms with van der Waals surface area (Å²) in [4.78, 5) is 13.0. The number of nitrogens with one attached hydrogen (secondary N) is 1. The highest BCUT2D eigenvalue weighted by Gasteiger charge is 2.20. The van der Waals surface area contributed by atoms with E-state index in [2.05, 4.69) is 17.1 Å². The van der Waals surface area contributed by atoms with E-state index < -0.39 is 0 Å². The normalized spacial score (nSPS) is 25.5. The van der Waals surface area contributed by atoms with E-state index in [1.807, 2.05) is 0 Å². The third kappa shape index (κ3) is 2.50. The first-order valence-corrected chi connectivity index (χ1v) is 4.22. The van der Waals surface area contributed by atoms with Gasteiger partial charge in [-0.1, -0.05) is 6.92 Å². The summed E-state index contributed by atoms with van der Waals surface area (Å²) in [6.07, 6.45) is 1.10. The first-order valence-electron chi connectivity index (χ1n) is 4.22. The summed E-state index contributed by atoms with van der Waals surface area (Å²) in [5.74, 6) is 0.0907. The molecule has 0 aromatic heterocycles. The number of carbonyl (C=O) groups excluding carboxylic acids is 1. The van der Waals surface area contributed by atoms with Crippen LogP contribution in [0.5, 0.6) is 0 Å². The number of likely N-dealkylation sites (tertiary alicyclic amines) is 1. The third-order valence-electron chi connectivity index (χ3n) is 2.13. The summed E-state index contributed by atoms with van der Waals surface area (Å²) in [5.41, 5.74) is 0. The van der Waals surface area contributed by atoms with Gasteiger partial charge >= 0.3 is 0 Å². The van der Waals surface area contributed by atoms with Gasteiger partial charge in [-0.2, -0.15) is 0 Å². The lowest BCUT2D eigenvalue weighted by Gasteiger charge is -2.13. The van der Waals surface area contributed by atoms with Crippen LogP contribution in [0.15, 0.2) is 0 Å². The molecule has 1 amide bonds. The molecule has 64 valence electrons. The van der Waals surface area contributed by atoms with Crippen molar-refractivity contribution in [3.8, 4) is 0 Å². The summed E-state index contributed by atoms with van der Waals surface area (Å²) in [6, 6.07) is 0.396. The van der Waals surface area contributed by atoms with E-state index in [4.69, 9.17) is 0 Å². The monoisotopic (exact) mass is 156 g/mol. The highest BCUT2D eigenvalue weighted by Crippen LogP contribution is 2.07. The van der Waals surface area contributed by atoms with Crippen LogP contribution in [0.1, 0.15) is 20.3 Å². The van der Waals surface area contributed by atoms with Crippen molar-refractivity contribution in [2.45, 2.75) is 26.3 Å². The SMILES string of the molecule is CCN1CCC(NC(C)=O)C1. The Hall–Kier alpha value is -0.570. The maximum atomic E-state index is 10.7. The summed E-state index contributed by atoms with van der Waals surface area (Å²) in [6.45, 7) is 6.97. The zero-order valence-electron chi connectivity index (χ0n) is 7.26. The molecule has 0 aromatic rings. The van der Waals surface area contributed by atoms with Crippen LogP contribution in [0.25, 0.3) is 0 Å². The summed E-state index contributed by atoms with van der Waals surface area (Å²) >= 11 is 0. The molecule has 0 saturated carbocycles. The molecule has 1 heterocycles. The second-order valence-electron chi connectivity index (χ2n) is 3.08. The largest absolute Gasteiger partial charge is 0.352 e. The summed E-state index contributed by atoms with van der Waals surface area (Å²) in [7, 11) is 0. The Bertz CT molecular complexity index is 147. The molecule has 3 nitrogen and oxygen atoms in total. The first-order chi connectivity index (χ1) is 5.22. The van der Waals surface area contributed by atoms with Gasteiger partial charge in [0.1, 0.15) is 0 Å². The van der Waals surface area contributed by atoms with Gasteiger partial charge in [-0.25, -0.2) is 0 Å². The van der Waals surface area contributed by atoms with Gasteiger partial charge in [0.25, 0.3) is 0 Å². The fourth-order valence-corrected chi connectivity index (χ4v) is 1.53. The standard InChI is InChI=1S/C8H16N2O/c1-3-10-5-4-8(6-10)9-7(2)11/h8H,3-6H2,1-2H3,(H,9,11). The van der Waals surface area contributed by atoms with Crippen LogP contribution in [0, 0.1) is 0 Å². The van der Waals surface area contributed by atoms with E-state index in [0.29, 0.717) is 6.04 Å². The Morgan fingerprint density at radius 3 is 2.91 bits per heavy atom. The van der Waals surface area contributed by atoms with Crippen molar-refractivity contribution in [1.29, 1.82) is 0 Å². The Labute approximate surface area is 67.8 Å². The van der Waals surface area contributed by atoms with Crippen LogP contribution in [-0.4, -0.2) is 36.5 Å². The van der Waals surface area contributed by atoms with Gasteiger partial charge in [0, 0.05) is 26.1 Å². The summed E-state index contributed by atoms with van der Waals surface area (Å²) < 4.78 is 0. The number of amides is 1. The number of likely N-dealkylation sites (N-methyl/N-ethyl adjacent to an activating group) is 1. The van der Waals surface area contributed by atoms with Crippen LogP contribution in [-0.2, 0) is 4.79 Å². The molecule has 1 rings (SSSR count). The molecule has 0 aromatic carbocycles. The topological polar surface area (TPSA) is 32.3 Å². The molecule has 1 atom stereocenters. The average molecular weight is 156 g/mol. The molecule has 1 unspecified atom stereocenters. The van der Waals surface area contributed by atoms with E-state index >= 15 is 0 Å². The summed E-state index contributed by atoms with van der Waals surface area (Å²) in [5, 5.41) is 2.93. The first kappa shape index (κ1) is 8.53. The Kier molecular flexibility index (Phi) is 2.88. The van der Waals surface area contributed by atoms with Gasteiger partial charge in [0.15, 0.2) is 0 Å². The van der Waals surface area contributed by atoms with Gasteiger partial charge < -0.3 is 10.2 Å². The van der Waals surface area contributed by atoms with Crippen molar-refractivity contribution in [1.82, 2.24) is 10.2 Å². The fraction of sp³-hybridized carbons (Fsp3) is 0.875. The average Bonchev–Trinajstić information content (AvgIpc) is 2.34. The minimum atomic E-state index is 0.0907. The maximum Gasteiger partial charge on any atom is 0.217 e. The molecule has 1 fully saturated rings. The fourth-order valence-electron chi connectivity index (χ4n) is 1.53. The lowest BCUT2D eigenvalue weighted by molar-refractivity contribution is -0.119. The highest BCUT2D eigenvalue weighted by atomic mass is 16.1. The maximum absolute atomic E-state index is 10.7. The second kappa shape index (κ2) is 3.72. The molecule has 0 bridgehead atoms. The molecular formula is C8H16N2O. The lowest BCUT2D eigenvalue weighted by Crippen LogP contribution is -2.35. The van der Waals surface area contributed by atoms with Crippen molar-refractivity contribution < 1.29 is 4.79 Å². The predicted molar refractivity (Wildman–Crippen MR) is 44.3 cm³/mol. The molecular weight excluding hydrogens is 140 g/mol. The predicted octanol–water partition coefficient (Wildman–Crippen LogP) is 0.217. The number of rotatable bonds is 2. The number of hydrogen-bond acceptors (Lipinski definition) is 2. The van der Waals surface area contributed by atoms with Gasteiger partial charge in [-0.05, 0) is 13.0 Å². The van der Waals surface area contributed by atoms with Crippen molar-refractivity contribution in [2.24, 2.45) is 0 Å². The number of carbonyl (C=O) groups is 1. The van der Waals surface area contributed by atoms with Crippen molar-refractivity contribution in [3.05, 3.63) is 0 Å². The molecule has 0 radical (unpaired) electrons. The van der Waals surface area contributed by atoms with E-state index in [-0.39, 0.29) is 5.91 Å². The minimum absolute atomic E-state index is 0.0907. The zero-order valence-corrected chi connectivity index (χ0v) is 7.26. The number of hydrogen-bond donors (Lipinski definition) is 1. The van der Waals surface area contributed by atoms with Crippen molar-refractivity contribution >= 4 is 5.91 Å². The quantitative estimate of drug-likeness (QED) is 0.620. The molecule has 0 spiro atoms. The Morgan fingerprint density at radius 1 is 1.73 bits per heavy atom. The van der Waals surface area contributed by atoms with E-state index in [9.17, 15) is 4.79 Å². The van der Waals surface area contributed by atoms with Gasteiger partial charge in [-0.3, -0.25) is 4.79 Å². The van der Waals surface area contributed by atoms with Gasteiger partial charge in [-0.15, -0.1) is 0 Å². The van der Waals surface area contributed by atoms with Crippen molar-refractivity contribution in [3.63, 3.8) is 0 Å². The molecule has 1 aliphatic heterocycles. The Balaban J connectivity index is 2.24. The van der Waals surface area contributed by atoms with E-state index in [0.717, 1.165) is 26.1 Å². The van der Waals surface area contributed by atoms with Crippen LogP contribution in [0.4, 0.5) is 0 Å². The van der Waals surface area contributed by atoms with Crippen LogP contribution < -0.4 is 5.32 Å². The molecule has 11 heavy (non-hydrogen) atoms. The molecule has 3 heteroatoms. The van der Waals surface area contributed by atoms with Gasteiger partial charge in [0.05, 0.1) is 0 Å². The zero-order chi connectivity index (χ0) is 8.27. The second-order valence-corrected chi connectivity index (χ2v) is 3.08. The van der Waals surface area contributed by atoms with E-state index in [1.165, 1.54) is 0 Å². The molecule has 0 aliphatic carbocycles. The van der Waals surface area contributed by atoms with Crippen molar-refractivity contribution in [2.75, 3.05) is 19.6 Å².